The van der Waals surface area contributed by atoms with Crippen molar-refractivity contribution >= 4 is 6.09 Å². The van der Waals surface area contributed by atoms with E-state index in [0.29, 0.717) is 6.54 Å². The fourth-order valence-corrected chi connectivity index (χ4v) is 1.58. The summed E-state index contributed by atoms with van der Waals surface area (Å²) in [6, 6.07) is 1.49. The van der Waals surface area contributed by atoms with Crippen molar-refractivity contribution in [1.82, 2.24) is 4.90 Å². The Morgan fingerprint density at radius 2 is 2.12 bits per heavy atom. The maximum absolute atomic E-state index is 12.0. The second-order valence-corrected chi connectivity index (χ2v) is 5.82. The Kier molecular flexibility index (Phi) is 3.68. The molecule has 0 bridgehead atoms. The normalized spacial score (nSPS) is 24.0. The Bertz CT molecular complexity index is 339. The number of nitriles is 1. The van der Waals surface area contributed by atoms with Gasteiger partial charge in [-0.3, -0.25) is 4.90 Å². The topological polar surface area (TPSA) is 62.6 Å². The van der Waals surface area contributed by atoms with Crippen LogP contribution in [0.2, 0.25) is 0 Å². The molecule has 1 rings (SSSR count). The molecule has 0 radical (unpaired) electrons. The van der Waals surface area contributed by atoms with Gasteiger partial charge in [-0.05, 0) is 34.6 Å². The van der Waals surface area contributed by atoms with Crippen molar-refractivity contribution in [3.8, 4) is 6.07 Å². The van der Waals surface area contributed by atoms with Crippen LogP contribution in [-0.2, 0) is 9.47 Å². The second-order valence-electron chi connectivity index (χ2n) is 5.82. The molecule has 0 aliphatic carbocycles. The lowest BCUT2D eigenvalue weighted by atomic mass is 10.1. The molecule has 1 saturated heterocycles. The summed E-state index contributed by atoms with van der Waals surface area (Å²) in [6.45, 7) is 9.77. The van der Waals surface area contributed by atoms with Gasteiger partial charge in [0.1, 0.15) is 11.6 Å². The number of hydrogen-bond acceptors (Lipinski definition) is 4. The van der Waals surface area contributed by atoms with Crippen LogP contribution in [0.15, 0.2) is 0 Å². The minimum absolute atomic E-state index is 0.225. The number of carbonyl (C=O) groups is 1. The molecule has 1 aliphatic rings. The molecule has 17 heavy (non-hydrogen) atoms. The monoisotopic (exact) mass is 240 g/mol. The maximum Gasteiger partial charge on any atom is 0.411 e. The lowest BCUT2D eigenvalue weighted by molar-refractivity contribution is -0.102. The first-order chi connectivity index (χ1) is 7.64. The third-order valence-electron chi connectivity index (χ3n) is 2.34. The molecule has 5 heteroatoms. The number of ether oxygens (including phenoxy) is 2. The zero-order valence-corrected chi connectivity index (χ0v) is 11.1. The summed E-state index contributed by atoms with van der Waals surface area (Å²) in [7, 11) is 0. The molecule has 0 aromatic heterocycles. The average molecular weight is 240 g/mol. The molecule has 96 valence electrons. The van der Waals surface area contributed by atoms with Crippen LogP contribution in [0.25, 0.3) is 0 Å². The van der Waals surface area contributed by atoms with Gasteiger partial charge < -0.3 is 9.47 Å². The van der Waals surface area contributed by atoms with Crippen LogP contribution in [0.4, 0.5) is 4.79 Å². The van der Waals surface area contributed by atoms with Gasteiger partial charge in [0.05, 0.1) is 24.8 Å². The zero-order valence-electron chi connectivity index (χ0n) is 11.1. The van der Waals surface area contributed by atoms with Gasteiger partial charge in [-0.2, -0.15) is 5.26 Å². The van der Waals surface area contributed by atoms with Crippen LogP contribution in [0.3, 0.4) is 0 Å². The van der Waals surface area contributed by atoms with Crippen molar-refractivity contribution in [2.75, 3.05) is 13.2 Å². The summed E-state index contributed by atoms with van der Waals surface area (Å²) in [5.74, 6) is 0. The van der Waals surface area contributed by atoms with E-state index in [2.05, 4.69) is 6.07 Å². The van der Waals surface area contributed by atoms with Crippen LogP contribution < -0.4 is 0 Å². The highest BCUT2D eigenvalue weighted by molar-refractivity contribution is 5.69. The lowest BCUT2D eigenvalue weighted by Crippen LogP contribution is -2.56. The van der Waals surface area contributed by atoms with Crippen molar-refractivity contribution in [1.29, 1.82) is 5.26 Å². The minimum atomic E-state index is -0.571. The van der Waals surface area contributed by atoms with Crippen molar-refractivity contribution in [3.05, 3.63) is 0 Å². The molecule has 0 unspecified atom stereocenters. The largest absolute Gasteiger partial charge is 0.444 e. The van der Waals surface area contributed by atoms with Crippen LogP contribution in [0.5, 0.6) is 0 Å². The standard InChI is InChI=1S/C12H20N2O3/c1-11(2,3)17-10(15)14-8-12(4,5)16-7-9(14)6-13/h9H,7-8H2,1-5H3/t9-/m0/s1. The van der Waals surface area contributed by atoms with Gasteiger partial charge in [0.2, 0.25) is 0 Å². The van der Waals surface area contributed by atoms with E-state index in [0.717, 1.165) is 0 Å². The molecular formula is C12H20N2O3. The van der Waals surface area contributed by atoms with Gasteiger partial charge in [-0.1, -0.05) is 0 Å². The number of morpholine rings is 1. The summed E-state index contributed by atoms with van der Waals surface area (Å²) in [4.78, 5) is 13.4. The van der Waals surface area contributed by atoms with Crippen molar-refractivity contribution in [3.63, 3.8) is 0 Å². The quantitative estimate of drug-likeness (QED) is 0.649. The molecule has 0 saturated carbocycles. The highest BCUT2D eigenvalue weighted by atomic mass is 16.6. The van der Waals surface area contributed by atoms with Gasteiger partial charge in [0, 0.05) is 0 Å². The fraction of sp³-hybridized carbons (Fsp3) is 0.833. The molecule has 0 aromatic carbocycles. The molecule has 0 spiro atoms. The second kappa shape index (κ2) is 4.53. The summed E-state index contributed by atoms with van der Waals surface area (Å²) in [6.07, 6.45) is -0.458. The molecule has 1 atom stereocenters. The Hall–Kier alpha value is -1.28. The van der Waals surface area contributed by atoms with E-state index >= 15 is 0 Å². The van der Waals surface area contributed by atoms with Crippen LogP contribution in [0.1, 0.15) is 34.6 Å². The summed E-state index contributed by atoms with van der Waals surface area (Å²) in [5, 5.41) is 9.00. The minimum Gasteiger partial charge on any atom is -0.444 e. The van der Waals surface area contributed by atoms with Gasteiger partial charge in [-0.25, -0.2) is 4.79 Å². The number of nitrogens with zero attached hydrogens (tertiary/aromatic N) is 2. The third kappa shape index (κ3) is 3.90. The highest BCUT2D eigenvalue weighted by Crippen LogP contribution is 2.22. The average Bonchev–Trinajstić information content (AvgIpc) is 2.13. The summed E-state index contributed by atoms with van der Waals surface area (Å²) >= 11 is 0. The predicted molar refractivity (Wildman–Crippen MR) is 62.4 cm³/mol. The fourth-order valence-electron chi connectivity index (χ4n) is 1.58. The van der Waals surface area contributed by atoms with Gasteiger partial charge in [-0.15, -0.1) is 0 Å². The maximum atomic E-state index is 12.0. The first-order valence-electron chi connectivity index (χ1n) is 5.68. The van der Waals surface area contributed by atoms with Gasteiger partial charge in [0.15, 0.2) is 0 Å². The first kappa shape index (κ1) is 13.8. The van der Waals surface area contributed by atoms with Crippen LogP contribution >= 0.6 is 0 Å². The SMILES string of the molecule is CC(C)(C)OC(=O)N1CC(C)(C)OC[C@@H]1C#N. The Labute approximate surface area is 102 Å². The van der Waals surface area contributed by atoms with E-state index in [9.17, 15) is 4.79 Å². The number of hydrogen-bond donors (Lipinski definition) is 0. The highest BCUT2D eigenvalue weighted by Gasteiger charge is 2.38. The Morgan fingerprint density at radius 3 is 2.59 bits per heavy atom. The van der Waals surface area contributed by atoms with Crippen molar-refractivity contribution in [2.24, 2.45) is 0 Å². The lowest BCUT2D eigenvalue weighted by Gasteiger charge is -2.41. The number of carbonyl (C=O) groups excluding carboxylic acids is 1. The van der Waals surface area contributed by atoms with Crippen molar-refractivity contribution < 1.29 is 14.3 Å². The summed E-state index contributed by atoms with van der Waals surface area (Å²) in [5.41, 5.74) is -0.996. The van der Waals surface area contributed by atoms with Gasteiger partial charge in [0.25, 0.3) is 0 Å². The zero-order chi connectivity index (χ0) is 13.3. The van der Waals surface area contributed by atoms with E-state index in [4.69, 9.17) is 14.7 Å². The molecule has 1 amide bonds. The van der Waals surface area contributed by atoms with Crippen LogP contribution in [-0.4, -0.2) is 41.4 Å². The molecule has 0 N–H and O–H groups in total. The molecular weight excluding hydrogens is 220 g/mol. The summed E-state index contributed by atoms with van der Waals surface area (Å²) < 4.78 is 10.8. The van der Waals surface area contributed by atoms with E-state index in [1.54, 1.807) is 20.8 Å². The third-order valence-corrected chi connectivity index (χ3v) is 2.34. The Morgan fingerprint density at radius 1 is 1.53 bits per heavy atom. The number of rotatable bonds is 0. The molecule has 1 heterocycles. The van der Waals surface area contributed by atoms with Gasteiger partial charge >= 0.3 is 6.09 Å². The van der Waals surface area contributed by atoms with E-state index in [1.807, 2.05) is 13.8 Å². The number of amides is 1. The predicted octanol–water partition coefficient (Wildman–Crippen LogP) is 1.92. The molecule has 1 fully saturated rings. The first-order valence-corrected chi connectivity index (χ1v) is 5.68. The smallest absolute Gasteiger partial charge is 0.411 e. The van der Waals surface area contributed by atoms with Crippen LogP contribution in [0, 0.1) is 11.3 Å². The molecule has 5 nitrogen and oxygen atoms in total. The molecule has 1 aliphatic heterocycles. The van der Waals surface area contributed by atoms with Crippen molar-refractivity contribution in [2.45, 2.75) is 51.9 Å². The van der Waals surface area contributed by atoms with E-state index in [1.165, 1.54) is 4.90 Å². The van der Waals surface area contributed by atoms with E-state index < -0.39 is 23.3 Å². The van der Waals surface area contributed by atoms with E-state index in [-0.39, 0.29) is 6.61 Å². The molecule has 0 aromatic rings. The Balaban J connectivity index is 2.78.